The number of carbonyl (C=O) groups is 1. The molecule has 0 heterocycles. The van der Waals surface area contributed by atoms with E-state index >= 15 is 0 Å². The highest BCUT2D eigenvalue weighted by atomic mass is 16.4. The maximum Gasteiger partial charge on any atom is 0.335 e. The van der Waals surface area contributed by atoms with Crippen molar-refractivity contribution >= 4 is 11.7 Å². The van der Waals surface area contributed by atoms with E-state index in [1.165, 1.54) is 5.56 Å². The summed E-state index contributed by atoms with van der Waals surface area (Å²) in [4.78, 5) is 11.3. The average Bonchev–Trinajstić information content (AvgIpc) is 2.40. The van der Waals surface area contributed by atoms with Crippen molar-refractivity contribution in [1.29, 1.82) is 0 Å². The van der Waals surface area contributed by atoms with Crippen LogP contribution in [0.25, 0.3) is 0 Å². The third-order valence-electron chi connectivity index (χ3n) is 3.70. The Hall–Kier alpha value is -2.29. The second kappa shape index (κ2) is 5.37. The molecule has 104 valence electrons. The second-order valence-corrected chi connectivity index (χ2v) is 5.23. The summed E-state index contributed by atoms with van der Waals surface area (Å²) in [5.41, 5.74) is 12.0. The topological polar surface area (TPSA) is 63.3 Å². The molecule has 2 aromatic carbocycles. The smallest absolute Gasteiger partial charge is 0.335 e. The van der Waals surface area contributed by atoms with E-state index in [-0.39, 0.29) is 0 Å². The van der Waals surface area contributed by atoms with E-state index in [1.807, 2.05) is 20.8 Å². The van der Waals surface area contributed by atoms with Crippen molar-refractivity contribution < 1.29 is 9.90 Å². The molecule has 0 aliphatic carbocycles. The van der Waals surface area contributed by atoms with Gasteiger partial charge in [-0.15, -0.1) is 0 Å². The predicted molar refractivity (Wildman–Crippen MR) is 81.3 cm³/mol. The fourth-order valence-electron chi connectivity index (χ4n) is 2.37. The largest absolute Gasteiger partial charge is 0.478 e. The summed E-state index contributed by atoms with van der Waals surface area (Å²) in [7, 11) is 0. The Morgan fingerprint density at radius 2 is 1.75 bits per heavy atom. The van der Waals surface area contributed by atoms with E-state index in [9.17, 15) is 9.90 Å². The zero-order valence-corrected chi connectivity index (χ0v) is 12.0. The van der Waals surface area contributed by atoms with Gasteiger partial charge < -0.3 is 10.8 Å². The average molecular weight is 269 g/mol. The van der Waals surface area contributed by atoms with Crippen LogP contribution >= 0.6 is 0 Å². The third-order valence-corrected chi connectivity index (χ3v) is 3.70. The maximum absolute atomic E-state index is 11.3. The van der Waals surface area contributed by atoms with Crippen molar-refractivity contribution in [3.63, 3.8) is 0 Å². The van der Waals surface area contributed by atoms with Gasteiger partial charge in [0, 0.05) is 5.69 Å². The van der Waals surface area contributed by atoms with Crippen LogP contribution in [0, 0.1) is 20.8 Å². The number of anilines is 1. The van der Waals surface area contributed by atoms with Gasteiger partial charge in [0.2, 0.25) is 0 Å². The number of nitrogens with two attached hydrogens (primary N) is 1. The third kappa shape index (κ3) is 2.67. The summed E-state index contributed by atoms with van der Waals surface area (Å²) in [6.07, 6.45) is 0.653. The molecule has 2 aromatic rings. The zero-order chi connectivity index (χ0) is 14.9. The van der Waals surface area contributed by atoms with Gasteiger partial charge >= 0.3 is 5.97 Å². The van der Waals surface area contributed by atoms with Crippen LogP contribution in [0.4, 0.5) is 5.69 Å². The van der Waals surface area contributed by atoms with Crippen LogP contribution < -0.4 is 5.73 Å². The van der Waals surface area contributed by atoms with E-state index in [0.29, 0.717) is 17.7 Å². The number of benzene rings is 2. The molecule has 0 aromatic heterocycles. The Balaban J connectivity index is 2.50. The normalized spacial score (nSPS) is 10.6. The minimum absolute atomic E-state index is 0.332. The van der Waals surface area contributed by atoms with Crippen LogP contribution in [0.5, 0.6) is 0 Å². The Kier molecular flexibility index (Phi) is 3.79. The number of hydrogen-bond donors (Lipinski definition) is 2. The lowest BCUT2D eigenvalue weighted by molar-refractivity contribution is 0.0696. The van der Waals surface area contributed by atoms with E-state index < -0.39 is 5.97 Å². The number of nitrogen functional groups attached to an aromatic ring is 1. The van der Waals surface area contributed by atoms with Crippen molar-refractivity contribution in [2.75, 3.05) is 5.73 Å². The number of aryl methyl sites for hydroxylation is 2. The highest BCUT2D eigenvalue weighted by Crippen LogP contribution is 2.27. The molecule has 3 nitrogen and oxygen atoms in total. The lowest BCUT2D eigenvalue weighted by Gasteiger charge is -2.15. The highest BCUT2D eigenvalue weighted by Gasteiger charge is 2.15. The molecule has 0 amide bonds. The molecule has 0 spiro atoms. The summed E-state index contributed by atoms with van der Waals surface area (Å²) in [5.74, 6) is -0.907. The first-order valence-corrected chi connectivity index (χ1v) is 6.57. The van der Waals surface area contributed by atoms with Gasteiger partial charge in [-0.3, -0.25) is 0 Å². The fraction of sp³-hybridized carbons (Fsp3) is 0.235. The molecule has 20 heavy (non-hydrogen) atoms. The summed E-state index contributed by atoms with van der Waals surface area (Å²) >= 11 is 0. The van der Waals surface area contributed by atoms with Gasteiger partial charge in [-0.2, -0.15) is 0 Å². The van der Waals surface area contributed by atoms with E-state index in [1.54, 1.807) is 6.07 Å². The van der Waals surface area contributed by atoms with Gasteiger partial charge in [-0.05, 0) is 55.5 Å². The Bertz CT molecular complexity index is 658. The standard InChI is InChI=1S/C17H19NO2/c1-10-4-6-13(7-5-10)9-14-12(3)15(17(19)20)8-11(2)16(14)18/h4-8H,9,18H2,1-3H3,(H,19,20). The Morgan fingerprint density at radius 3 is 2.30 bits per heavy atom. The number of carboxylic acid groups (broad SMARTS) is 1. The van der Waals surface area contributed by atoms with Crippen LogP contribution in [0.2, 0.25) is 0 Å². The van der Waals surface area contributed by atoms with Crippen molar-refractivity contribution in [2.45, 2.75) is 27.2 Å². The molecule has 3 N–H and O–H groups in total. The monoisotopic (exact) mass is 269 g/mol. The van der Waals surface area contributed by atoms with Gasteiger partial charge in [0.25, 0.3) is 0 Å². The molecular formula is C17H19NO2. The summed E-state index contributed by atoms with van der Waals surface area (Å²) in [5, 5.41) is 9.27. The first kappa shape index (κ1) is 14.1. The Morgan fingerprint density at radius 1 is 1.15 bits per heavy atom. The first-order valence-electron chi connectivity index (χ1n) is 6.57. The molecule has 0 atom stereocenters. The van der Waals surface area contributed by atoms with Gasteiger partial charge in [-0.1, -0.05) is 29.8 Å². The number of hydrogen-bond acceptors (Lipinski definition) is 2. The minimum Gasteiger partial charge on any atom is -0.478 e. The SMILES string of the molecule is Cc1ccc(Cc2c(C)c(C(=O)O)cc(C)c2N)cc1. The van der Waals surface area contributed by atoms with Crippen LogP contribution in [0.3, 0.4) is 0 Å². The maximum atomic E-state index is 11.3. The zero-order valence-electron chi connectivity index (χ0n) is 12.0. The predicted octanol–water partition coefficient (Wildman–Crippen LogP) is 3.48. The van der Waals surface area contributed by atoms with E-state index in [4.69, 9.17) is 5.73 Å². The van der Waals surface area contributed by atoms with Gasteiger partial charge in [-0.25, -0.2) is 4.79 Å². The minimum atomic E-state index is -0.907. The first-order chi connectivity index (χ1) is 9.40. The van der Waals surface area contributed by atoms with Gasteiger partial charge in [0.05, 0.1) is 5.56 Å². The molecule has 0 bridgehead atoms. The van der Waals surface area contributed by atoms with E-state index in [2.05, 4.69) is 24.3 Å². The van der Waals surface area contributed by atoms with Crippen molar-refractivity contribution in [3.8, 4) is 0 Å². The molecule has 0 aliphatic rings. The fourth-order valence-corrected chi connectivity index (χ4v) is 2.37. The lowest BCUT2D eigenvalue weighted by Crippen LogP contribution is -2.08. The van der Waals surface area contributed by atoms with Crippen LogP contribution in [-0.2, 0) is 6.42 Å². The van der Waals surface area contributed by atoms with E-state index in [0.717, 1.165) is 22.3 Å². The van der Waals surface area contributed by atoms with Gasteiger partial charge in [0.1, 0.15) is 0 Å². The number of rotatable bonds is 3. The summed E-state index contributed by atoms with van der Waals surface area (Å²) in [6.45, 7) is 5.71. The lowest BCUT2D eigenvalue weighted by atomic mass is 9.92. The molecule has 0 saturated carbocycles. The van der Waals surface area contributed by atoms with Crippen LogP contribution in [-0.4, -0.2) is 11.1 Å². The molecule has 0 unspecified atom stereocenters. The quantitative estimate of drug-likeness (QED) is 0.838. The number of carboxylic acids is 1. The molecule has 0 radical (unpaired) electrons. The summed E-state index contributed by atoms with van der Waals surface area (Å²) < 4.78 is 0. The van der Waals surface area contributed by atoms with Crippen molar-refractivity contribution in [2.24, 2.45) is 0 Å². The molecular weight excluding hydrogens is 250 g/mol. The van der Waals surface area contributed by atoms with Gasteiger partial charge in [0.15, 0.2) is 0 Å². The molecule has 0 fully saturated rings. The van der Waals surface area contributed by atoms with Crippen LogP contribution in [0.1, 0.15) is 38.2 Å². The second-order valence-electron chi connectivity index (χ2n) is 5.23. The highest BCUT2D eigenvalue weighted by molar-refractivity contribution is 5.91. The van der Waals surface area contributed by atoms with Crippen LogP contribution in [0.15, 0.2) is 30.3 Å². The Labute approximate surface area is 119 Å². The molecule has 0 saturated heterocycles. The number of aromatic carboxylic acids is 1. The van der Waals surface area contributed by atoms with Crippen molar-refractivity contribution in [1.82, 2.24) is 0 Å². The summed E-state index contributed by atoms with van der Waals surface area (Å²) in [6, 6.07) is 9.85. The molecule has 0 aliphatic heterocycles. The van der Waals surface area contributed by atoms with Crippen molar-refractivity contribution in [3.05, 3.63) is 63.7 Å². The molecule has 2 rings (SSSR count). The molecule has 3 heteroatoms.